The molecule has 1 heterocycles. The number of benzene rings is 1. The zero-order valence-electron chi connectivity index (χ0n) is 19.5. The van der Waals surface area contributed by atoms with E-state index in [1.165, 1.54) is 5.56 Å². The van der Waals surface area contributed by atoms with Crippen molar-refractivity contribution >= 4 is 28.1 Å². The van der Waals surface area contributed by atoms with E-state index in [2.05, 4.69) is 28.1 Å². The number of rotatable bonds is 3. The molecule has 0 aromatic heterocycles. The Hall–Kier alpha value is -1.76. The second-order valence-electron chi connectivity index (χ2n) is 10.5. The third kappa shape index (κ3) is 6.61. The maximum Gasteiger partial charge on any atom is 0.410 e. The minimum absolute atomic E-state index is 0.0546. The maximum atomic E-state index is 13.2. The Bertz CT molecular complexity index is 789. The van der Waals surface area contributed by atoms with E-state index in [1.54, 1.807) is 4.90 Å². The fourth-order valence-electron chi connectivity index (χ4n) is 4.08. The van der Waals surface area contributed by atoms with Gasteiger partial charge in [0.05, 0.1) is 0 Å². The number of piperidine rings is 1. The molecule has 1 saturated carbocycles. The van der Waals surface area contributed by atoms with Gasteiger partial charge >= 0.3 is 12.2 Å². The molecule has 7 heteroatoms. The van der Waals surface area contributed by atoms with Crippen LogP contribution in [0.15, 0.2) is 28.7 Å². The van der Waals surface area contributed by atoms with Gasteiger partial charge in [0.2, 0.25) is 0 Å². The lowest BCUT2D eigenvalue weighted by Crippen LogP contribution is -2.51. The fourth-order valence-corrected chi connectivity index (χ4v) is 4.34. The molecule has 2 fully saturated rings. The number of ether oxygens (including phenoxy) is 2. The molecule has 1 saturated heterocycles. The van der Waals surface area contributed by atoms with Crippen LogP contribution in [0.5, 0.6) is 0 Å². The van der Waals surface area contributed by atoms with Gasteiger partial charge in [0.1, 0.15) is 11.2 Å². The third-order valence-electron chi connectivity index (χ3n) is 5.53. The largest absolute Gasteiger partial charge is 0.444 e. The Morgan fingerprint density at radius 2 is 1.52 bits per heavy atom. The molecule has 2 atom stereocenters. The molecular weight excluding hydrogens is 460 g/mol. The molecular formula is C24H35BrN2O4. The van der Waals surface area contributed by atoms with Crippen LogP contribution in [0.1, 0.15) is 72.3 Å². The first-order chi connectivity index (χ1) is 14.3. The molecule has 3 rings (SSSR count). The number of nitrogens with zero attached hydrogens (tertiary/aromatic N) is 2. The Kier molecular flexibility index (Phi) is 6.94. The SMILES string of the molecule is CC(C)(C)OC(=O)N1CCC(N(C(=O)OC(C)(C)C)[C@@H]2C[C@H]2c2ccc(Br)cc2)CC1. The van der Waals surface area contributed by atoms with Crippen LogP contribution in [0, 0.1) is 0 Å². The topological polar surface area (TPSA) is 59.1 Å². The highest BCUT2D eigenvalue weighted by Gasteiger charge is 2.49. The average Bonchev–Trinajstić information content (AvgIpc) is 3.40. The number of carbonyl (C=O) groups is 2. The monoisotopic (exact) mass is 494 g/mol. The van der Waals surface area contributed by atoms with Gasteiger partial charge in [-0.25, -0.2) is 9.59 Å². The number of carbonyl (C=O) groups excluding carboxylic acids is 2. The van der Waals surface area contributed by atoms with Gasteiger partial charge in [0.15, 0.2) is 0 Å². The predicted molar refractivity (Wildman–Crippen MR) is 124 cm³/mol. The first-order valence-electron chi connectivity index (χ1n) is 11.1. The molecule has 1 aliphatic heterocycles. The van der Waals surface area contributed by atoms with E-state index in [0.717, 1.165) is 23.7 Å². The first-order valence-corrected chi connectivity index (χ1v) is 11.9. The van der Waals surface area contributed by atoms with Crippen molar-refractivity contribution in [2.75, 3.05) is 13.1 Å². The quantitative estimate of drug-likeness (QED) is 0.521. The minimum atomic E-state index is -0.547. The zero-order valence-corrected chi connectivity index (χ0v) is 21.1. The van der Waals surface area contributed by atoms with Crippen molar-refractivity contribution < 1.29 is 19.1 Å². The van der Waals surface area contributed by atoms with Gasteiger partial charge in [0.25, 0.3) is 0 Å². The smallest absolute Gasteiger partial charge is 0.410 e. The highest BCUT2D eigenvalue weighted by molar-refractivity contribution is 9.10. The molecule has 2 aliphatic rings. The van der Waals surface area contributed by atoms with Gasteiger partial charge in [-0.1, -0.05) is 28.1 Å². The van der Waals surface area contributed by atoms with Gasteiger partial charge in [-0.3, -0.25) is 0 Å². The summed E-state index contributed by atoms with van der Waals surface area (Å²) in [5.74, 6) is 0.324. The molecule has 31 heavy (non-hydrogen) atoms. The predicted octanol–water partition coefficient (Wildman–Crippen LogP) is 5.94. The Labute approximate surface area is 194 Å². The molecule has 0 bridgehead atoms. The third-order valence-corrected chi connectivity index (χ3v) is 6.05. The highest BCUT2D eigenvalue weighted by atomic mass is 79.9. The van der Waals surface area contributed by atoms with Gasteiger partial charge in [-0.2, -0.15) is 0 Å². The zero-order chi connectivity index (χ0) is 23.0. The summed E-state index contributed by atoms with van der Waals surface area (Å²) in [6.45, 7) is 12.5. The summed E-state index contributed by atoms with van der Waals surface area (Å²) >= 11 is 3.49. The molecule has 0 unspecified atom stereocenters. The maximum absolute atomic E-state index is 13.2. The number of amides is 2. The van der Waals surface area contributed by atoms with E-state index >= 15 is 0 Å². The van der Waals surface area contributed by atoms with E-state index in [9.17, 15) is 9.59 Å². The molecule has 0 spiro atoms. The number of hydrogen-bond acceptors (Lipinski definition) is 4. The van der Waals surface area contributed by atoms with Crippen molar-refractivity contribution in [3.63, 3.8) is 0 Å². The number of halogens is 1. The van der Waals surface area contributed by atoms with Crippen LogP contribution in [0.25, 0.3) is 0 Å². The molecule has 0 N–H and O–H groups in total. The summed E-state index contributed by atoms with van der Waals surface area (Å²) < 4.78 is 12.3. The van der Waals surface area contributed by atoms with Crippen LogP contribution in [0.2, 0.25) is 0 Å². The lowest BCUT2D eigenvalue weighted by molar-refractivity contribution is -0.00172. The average molecular weight is 495 g/mol. The van der Waals surface area contributed by atoms with Crippen molar-refractivity contribution in [3.8, 4) is 0 Å². The molecule has 1 aromatic rings. The molecule has 2 amide bonds. The molecule has 0 radical (unpaired) electrons. The van der Waals surface area contributed by atoms with Crippen molar-refractivity contribution in [2.45, 2.75) is 90.0 Å². The van der Waals surface area contributed by atoms with Crippen LogP contribution in [0.4, 0.5) is 9.59 Å². The number of hydrogen-bond donors (Lipinski definition) is 0. The van der Waals surface area contributed by atoms with E-state index in [4.69, 9.17) is 9.47 Å². The second-order valence-corrected chi connectivity index (χ2v) is 11.5. The summed E-state index contributed by atoms with van der Waals surface area (Å²) in [5, 5.41) is 0. The fraction of sp³-hybridized carbons (Fsp3) is 0.667. The molecule has 1 aliphatic carbocycles. The Morgan fingerprint density at radius 1 is 0.968 bits per heavy atom. The van der Waals surface area contributed by atoms with E-state index in [1.807, 2.05) is 58.6 Å². The summed E-state index contributed by atoms with van der Waals surface area (Å²) in [4.78, 5) is 29.3. The Morgan fingerprint density at radius 3 is 2.03 bits per heavy atom. The van der Waals surface area contributed by atoms with Gasteiger partial charge < -0.3 is 19.3 Å². The second kappa shape index (κ2) is 9.00. The first kappa shape index (κ1) is 23.9. The van der Waals surface area contributed by atoms with Crippen molar-refractivity contribution in [1.29, 1.82) is 0 Å². The lowest BCUT2D eigenvalue weighted by atomic mass is 10.0. The normalized spacial score (nSPS) is 22.1. The van der Waals surface area contributed by atoms with E-state index in [0.29, 0.717) is 19.0 Å². The Balaban J connectivity index is 1.69. The summed E-state index contributed by atoms with van der Waals surface area (Å²) in [5.41, 5.74) is 0.185. The molecule has 1 aromatic carbocycles. The van der Waals surface area contributed by atoms with Gasteiger partial charge in [-0.15, -0.1) is 0 Å². The van der Waals surface area contributed by atoms with Gasteiger partial charge in [-0.05, 0) is 78.5 Å². The van der Waals surface area contributed by atoms with Crippen LogP contribution in [0.3, 0.4) is 0 Å². The van der Waals surface area contributed by atoms with E-state index in [-0.39, 0.29) is 24.3 Å². The van der Waals surface area contributed by atoms with Crippen LogP contribution in [-0.2, 0) is 9.47 Å². The minimum Gasteiger partial charge on any atom is -0.444 e. The van der Waals surface area contributed by atoms with Crippen LogP contribution < -0.4 is 0 Å². The van der Waals surface area contributed by atoms with Crippen molar-refractivity contribution in [2.24, 2.45) is 0 Å². The number of likely N-dealkylation sites (tertiary alicyclic amines) is 1. The lowest BCUT2D eigenvalue weighted by Gasteiger charge is -2.39. The van der Waals surface area contributed by atoms with Crippen molar-refractivity contribution in [1.82, 2.24) is 9.80 Å². The highest BCUT2D eigenvalue weighted by Crippen LogP contribution is 2.47. The summed E-state index contributed by atoms with van der Waals surface area (Å²) in [6.07, 6.45) is 1.85. The van der Waals surface area contributed by atoms with E-state index < -0.39 is 11.2 Å². The van der Waals surface area contributed by atoms with Crippen LogP contribution in [-0.4, -0.2) is 58.4 Å². The summed E-state index contributed by atoms with van der Waals surface area (Å²) in [7, 11) is 0. The molecule has 172 valence electrons. The molecule has 6 nitrogen and oxygen atoms in total. The standard InChI is InChI=1S/C24H35BrN2O4/c1-23(2,3)30-21(28)26-13-11-18(12-14-26)27(22(29)31-24(4,5)6)20-15-19(20)16-7-9-17(25)10-8-16/h7-10,18-20H,11-15H2,1-6H3/t19-,20+/m0/s1. The summed E-state index contributed by atoms with van der Waals surface area (Å²) in [6, 6.07) is 8.51. The van der Waals surface area contributed by atoms with Crippen LogP contribution >= 0.6 is 15.9 Å². The van der Waals surface area contributed by atoms with Gasteiger partial charge in [0, 0.05) is 35.6 Å². The van der Waals surface area contributed by atoms with Crippen molar-refractivity contribution in [3.05, 3.63) is 34.3 Å².